The fourth-order valence-corrected chi connectivity index (χ4v) is 9.37. The van der Waals surface area contributed by atoms with Crippen LogP contribution in [0.2, 0.25) is 0 Å². The molecule has 1 saturated heterocycles. The first-order valence-corrected chi connectivity index (χ1v) is 12.9. The Morgan fingerprint density at radius 1 is 1.17 bits per heavy atom. The molecule has 0 radical (unpaired) electrons. The van der Waals surface area contributed by atoms with Gasteiger partial charge in [-0.1, -0.05) is 5.16 Å². The number of hydrogen-bond acceptors (Lipinski definition) is 5. The van der Waals surface area contributed by atoms with Crippen molar-refractivity contribution in [2.75, 3.05) is 6.54 Å². The second kappa shape index (κ2) is 7.05. The minimum Gasteiger partial charge on any atom is -0.360 e. The standard InChI is InChI=1S/C22H33N3O4S/c1-13-20(14(2)29-24-13)30(27,28)25-6-4-5-19(25)21(26)23-15(3)22-10-16-7-17(11-22)9-18(8-16)12-22/h15-19H,4-12H2,1-3H3,(H,23,26)/t15-,16?,17?,18?,19+,22?/m1/s1. The predicted octanol–water partition coefficient (Wildman–Crippen LogP) is 3.17. The normalized spacial score (nSPS) is 36.9. The molecule has 8 heteroatoms. The first-order valence-electron chi connectivity index (χ1n) is 11.4. The van der Waals surface area contributed by atoms with Gasteiger partial charge in [-0.3, -0.25) is 4.79 Å². The minimum atomic E-state index is -3.82. The molecule has 5 fully saturated rings. The van der Waals surface area contributed by atoms with Crippen LogP contribution < -0.4 is 5.32 Å². The lowest BCUT2D eigenvalue weighted by atomic mass is 9.48. The highest BCUT2D eigenvalue weighted by Gasteiger charge is 2.54. The highest BCUT2D eigenvalue weighted by atomic mass is 32.2. The third-order valence-electron chi connectivity index (χ3n) is 8.40. The van der Waals surface area contributed by atoms with Crippen LogP contribution in [0.3, 0.4) is 0 Å². The fraction of sp³-hybridized carbons (Fsp3) is 0.818. The lowest BCUT2D eigenvalue weighted by Crippen LogP contribution is -2.58. The largest absolute Gasteiger partial charge is 0.360 e. The Morgan fingerprint density at radius 3 is 2.30 bits per heavy atom. The van der Waals surface area contributed by atoms with Crippen LogP contribution in [0, 0.1) is 37.0 Å². The molecule has 30 heavy (non-hydrogen) atoms. The van der Waals surface area contributed by atoms with E-state index in [-0.39, 0.29) is 28.0 Å². The smallest absolute Gasteiger partial charge is 0.249 e. The first kappa shape index (κ1) is 20.5. The lowest BCUT2D eigenvalue weighted by molar-refractivity contribution is -0.128. The van der Waals surface area contributed by atoms with Gasteiger partial charge in [-0.15, -0.1) is 0 Å². The number of aromatic nitrogens is 1. The predicted molar refractivity (Wildman–Crippen MR) is 111 cm³/mol. The summed E-state index contributed by atoms with van der Waals surface area (Å²) >= 11 is 0. The molecule has 2 atom stereocenters. The van der Waals surface area contributed by atoms with Gasteiger partial charge in [0.2, 0.25) is 15.9 Å². The quantitative estimate of drug-likeness (QED) is 0.767. The highest BCUT2D eigenvalue weighted by Crippen LogP contribution is 2.61. The Balaban J connectivity index is 1.34. The van der Waals surface area contributed by atoms with Gasteiger partial charge in [0.05, 0.1) is 0 Å². The Hall–Kier alpha value is -1.41. The van der Waals surface area contributed by atoms with Crippen molar-refractivity contribution in [2.24, 2.45) is 23.2 Å². The lowest BCUT2D eigenvalue weighted by Gasteiger charge is -2.59. The van der Waals surface area contributed by atoms with E-state index in [4.69, 9.17) is 4.52 Å². The molecule has 4 saturated carbocycles. The second-order valence-electron chi connectivity index (χ2n) is 10.4. The summed E-state index contributed by atoms with van der Waals surface area (Å²) in [5.74, 6) is 2.59. The molecule has 2 heterocycles. The number of amides is 1. The van der Waals surface area contributed by atoms with Gasteiger partial charge in [0, 0.05) is 12.6 Å². The van der Waals surface area contributed by atoms with Crippen LogP contribution >= 0.6 is 0 Å². The van der Waals surface area contributed by atoms with Crippen LogP contribution in [0.4, 0.5) is 0 Å². The van der Waals surface area contributed by atoms with Gasteiger partial charge in [0.15, 0.2) is 5.76 Å². The molecule has 1 aromatic heterocycles. The number of aryl methyl sites for hydroxylation is 2. The van der Waals surface area contributed by atoms with Crippen LogP contribution in [0.5, 0.6) is 0 Å². The summed E-state index contributed by atoms with van der Waals surface area (Å²) in [6.07, 6.45) is 8.99. The second-order valence-corrected chi connectivity index (χ2v) is 12.3. The van der Waals surface area contributed by atoms with Crippen molar-refractivity contribution < 1.29 is 17.7 Å². The summed E-state index contributed by atoms with van der Waals surface area (Å²) < 4.78 is 33.1. The van der Waals surface area contributed by atoms with Crippen LogP contribution in [0.1, 0.15) is 69.7 Å². The molecular weight excluding hydrogens is 402 g/mol. The van der Waals surface area contributed by atoms with E-state index in [0.717, 1.165) is 17.8 Å². The zero-order chi connectivity index (χ0) is 21.3. The van der Waals surface area contributed by atoms with Crippen molar-refractivity contribution in [2.45, 2.75) is 89.1 Å². The molecule has 4 aliphatic carbocycles. The maximum absolute atomic E-state index is 13.3. The summed E-state index contributed by atoms with van der Waals surface area (Å²) in [5, 5.41) is 7.07. The van der Waals surface area contributed by atoms with Crippen molar-refractivity contribution in [3.05, 3.63) is 11.5 Å². The minimum absolute atomic E-state index is 0.0858. The summed E-state index contributed by atoms with van der Waals surface area (Å²) in [6.45, 7) is 5.74. The monoisotopic (exact) mass is 435 g/mol. The topological polar surface area (TPSA) is 92.5 Å². The number of sulfonamides is 1. The van der Waals surface area contributed by atoms with Gasteiger partial charge in [-0.2, -0.15) is 4.31 Å². The maximum atomic E-state index is 13.3. The van der Waals surface area contributed by atoms with Crippen molar-refractivity contribution in [3.8, 4) is 0 Å². The van der Waals surface area contributed by atoms with E-state index in [2.05, 4.69) is 17.4 Å². The van der Waals surface area contributed by atoms with E-state index < -0.39 is 16.1 Å². The number of nitrogens with one attached hydrogen (secondary N) is 1. The van der Waals surface area contributed by atoms with E-state index in [9.17, 15) is 13.2 Å². The summed E-state index contributed by atoms with van der Waals surface area (Å²) in [6, 6.07) is -0.567. The average molecular weight is 436 g/mol. The number of carbonyl (C=O) groups excluding carboxylic acids is 1. The van der Waals surface area contributed by atoms with Crippen molar-refractivity contribution >= 4 is 15.9 Å². The van der Waals surface area contributed by atoms with Crippen molar-refractivity contribution in [1.82, 2.24) is 14.8 Å². The molecule has 7 nitrogen and oxygen atoms in total. The molecule has 6 rings (SSSR count). The Bertz CT molecular complexity index is 899. The van der Waals surface area contributed by atoms with E-state index in [1.807, 2.05) is 0 Å². The van der Waals surface area contributed by atoms with E-state index in [0.29, 0.717) is 25.1 Å². The van der Waals surface area contributed by atoms with Gasteiger partial charge in [-0.25, -0.2) is 8.42 Å². The molecule has 0 spiro atoms. The molecule has 5 aliphatic rings. The van der Waals surface area contributed by atoms with Crippen LogP contribution in [-0.4, -0.2) is 42.4 Å². The average Bonchev–Trinajstić information content (AvgIpc) is 3.28. The first-order chi connectivity index (χ1) is 14.2. The van der Waals surface area contributed by atoms with Gasteiger partial charge in [0.25, 0.3) is 0 Å². The summed E-state index contributed by atoms with van der Waals surface area (Å²) in [5.41, 5.74) is 0.550. The summed E-state index contributed by atoms with van der Waals surface area (Å²) in [7, 11) is -3.82. The van der Waals surface area contributed by atoms with Crippen LogP contribution in [0.25, 0.3) is 0 Å². The molecule has 1 amide bonds. The van der Waals surface area contributed by atoms with E-state index in [1.54, 1.807) is 13.8 Å². The fourth-order valence-electron chi connectivity index (χ4n) is 7.42. The molecule has 4 bridgehead atoms. The van der Waals surface area contributed by atoms with Crippen molar-refractivity contribution in [1.29, 1.82) is 0 Å². The SMILES string of the molecule is Cc1noc(C)c1S(=O)(=O)N1CCC[C@H]1C(=O)N[C@H](C)C12CC3CC(CC(C3)C1)C2. The zero-order valence-corrected chi connectivity index (χ0v) is 19.0. The Labute approximate surface area is 179 Å². The number of nitrogens with zero attached hydrogens (tertiary/aromatic N) is 2. The van der Waals surface area contributed by atoms with Gasteiger partial charge in [-0.05, 0) is 95.3 Å². The number of rotatable bonds is 5. The van der Waals surface area contributed by atoms with Crippen molar-refractivity contribution in [3.63, 3.8) is 0 Å². The molecule has 0 unspecified atom stereocenters. The molecule has 0 aromatic carbocycles. The zero-order valence-electron chi connectivity index (χ0n) is 18.2. The number of carbonyl (C=O) groups is 1. The van der Waals surface area contributed by atoms with Gasteiger partial charge in [0.1, 0.15) is 16.6 Å². The molecular formula is C22H33N3O4S. The Kier molecular flexibility index (Phi) is 4.82. The third kappa shape index (κ3) is 3.13. The number of hydrogen-bond donors (Lipinski definition) is 1. The highest BCUT2D eigenvalue weighted by molar-refractivity contribution is 7.89. The molecule has 1 aliphatic heterocycles. The van der Waals surface area contributed by atoms with E-state index >= 15 is 0 Å². The Morgan fingerprint density at radius 2 is 1.77 bits per heavy atom. The van der Waals surface area contributed by atoms with Crippen LogP contribution in [0.15, 0.2) is 9.42 Å². The van der Waals surface area contributed by atoms with Gasteiger partial charge >= 0.3 is 0 Å². The van der Waals surface area contributed by atoms with Crippen LogP contribution in [-0.2, 0) is 14.8 Å². The maximum Gasteiger partial charge on any atom is 0.249 e. The molecule has 1 aromatic rings. The van der Waals surface area contributed by atoms with E-state index in [1.165, 1.54) is 42.8 Å². The third-order valence-corrected chi connectivity index (χ3v) is 10.6. The van der Waals surface area contributed by atoms with Gasteiger partial charge < -0.3 is 9.84 Å². The summed E-state index contributed by atoms with van der Waals surface area (Å²) in [4.78, 5) is 13.4. The molecule has 166 valence electrons. The molecule has 1 N–H and O–H groups in total.